The second-order valence-corrected chi connectivity index (χ2v) is 10.7. The summed E-state index contributed by atoms with van der Waals surface area (Å²) in [4.78, 5) is 11.2. The Hall–Kier alpha value is 0.470. The number of unbranched alkanes of at least 4 members (excludes halogenated alkanes) is 7. The SMILES string of the molecule is CCCCCCCCCCS/C1=C([N+](=O)[O-])/C(Cl)=C(/Cl)SCCOCCS1. The maximum Gasteiger partial charge on any atom is 0.309 e. The molecule has 0 saturated heterocycles. The fraction of sp³-hybridized carbons (Fsp3) is 0.778. The maximum atomic E-state index is 11.6. The monoisotopic (exact) mass is 473 g/mol. The molecule has 0 unspecified atom stereocenters. The van der Waals surface area contributed by atoms with Crippen molar-refractivity contribution in [3.8, 4) is 0 Å². The van der Waals surface area contributed by atoms with Crippen LogP contribution in [-0.4, -0.2) is 35.4 Å². The van der Waals surface area contributed by atoms with Crippen LogP contribution >= 0.6 is 58.5 Å². The number of nitrogens with zero attached hydrogens (tertiary/aromatic N) is 1. The van der Waals surface area contributed by atoms with Crippen molar-refractivity contribution >= 4 is 58.5 Å². The third-order valence-corrected chi connectivity index (χ3v) is 8.31. The molecule has 1 rings (SSSR count). The average molecular weight is 475 g/mol. The highest BCUT2D eigenvalue weighted by Gasteiger charge is 2.26. The first kappa shape index (κ1) is 25.5. The van der Waals surface area contributed by atoms with Crippen molar-refractivity contribution in [2.24, 2.45) is 0 Å². The van der Waals surface area contributed by atoms with Gasteiger partial charge in [-0.1, -0.05) is 75.1 Å². The predicted octanol–water partition coefficient (Wildman–Crippen LogP) is 7.45. The first-order valence-corrected chi connectivity index (χ1v) is 13.2. The summed E-state index contributed by atoms with van der Waals surface area (Å²) in [6, 6.07) is 0. The number of ether oxygens (including phenoxy) is 1. The zero-order valence-corrected chi connectivity index (χ0v) is 19.8. The van der Waals surface area contributed by atoms with Crippen LogP contribution in [0.4, 0.5) is 0 Å². The molecule has 0 amide bonds. The summed E-state index contributed by atoms with van der Waals surface area (Å²) in [5.41, 5.74) is -0.0642. The Bertz CT molecular complexity index is 516. The molecule has 0 aromatic rings. The highest BCUT2D eigenvalue weighted by molar-refractivity contribution is 8.22. The highest BCUT2D eigenvalue weighted by Crippen LogP contribution is 2.40. The zero-order chi connectivity index (χ0) is 19.9. The van der Waals surface area contributed by atoms with Crippen LogP contribution in [0.3, 0.4) is 0 Å². The molecule has 0 bridgehead atoms. The molecular formula is C18H29Cl2NO3S3. The van der Waals surface area contributed by atoms with Crippen LogP contribution in [0, 0.1) is 10.1 Å². The van der Waals surface area contributed by atoms with Gasteiger partial charge < -0.3 is 4.74 Å². The van der Waals surface area contributed by atoms with Crippen molar-refractivity contribution in [3.63, 3.8) is 0 Å². The van der Waals surface area contributed by atoms with Gasteiger partial charge in [0.05, 0.1) is 22.5 Å². The van der Waals surface area contributed by atoms with Crippen molar-refractivity contribution in [3.05, 3.63) is 29.4 Å². The first-order chi connectivity index (χ1) is 13.1. The van der Waals surface area contributed by atoms with Gasteiger partial charge in [-0.05, 0) is 12.2 Å². The van der Waals surface area contributed by atoms with Crippen LogP contribution in [0.15, 0.2) is 19.3 Å². The minimum absolute atomic E-state index is 0.0412. The summed E-state index contributed by atoms with van der Waals surface area (Å²) in [7, 11) is 0. The van der Waals surface area contributed by atoms with Crippen molar-refractivity contribution in [2.45, 2.75) is 58.3 Å². The van der Waals surface area contributed by atoms with Crippen LogP contribution in [0.25, 0.3) is 0 Å². The van der Waals surface area contributed by atoms with Gasteiger partial charge in [-0.15, -0.1) is 35.3 Å². The van der Waals surface area contributed by atoms with E-state index in [0.717, 1.165) is 18.6 Å². The van der Waals surface area contributed by atoms with Crippen LogP contribution in [0.2, 0.25) is 0 Å². The van der Waals surface area contributed by atoms with Crippen molar-refractivity contribution in [1.82, 2.24) is 0 Å². The van der Waals surface area contributed by atoms with E-state index in [0.29, 0.717) is 29.0 Å². The van der Waals surface area contributed by atoms with Crippen LogP contribution < -0.4 is 0 Å². The molecule has 0 N–H and O–H groups in total. The van der Waals surface area contributed by atoms with Gasteiger partial charge in [-0.25, -0.2) is 0 Å². The van der Waals surface area contributed by atoms with E-state index in [1.54, 1.807) is 0 Å². The van der Waals surface area contributed by atoms with Crippen molar-refractivity contribution in [2.75, 3.05) is 30.5 Å². The molecule has 156 valence electrons. The quantitative estimate of drug-likeness (QED) is 0.176. The lowest BCUT2D eigenvalue weighted by atomic mass is 10.1. The Labute approximate surface area is 185 Å². The van der Waals surface area contributed by atoms with Gasteiger partial charge in [0.15, 0.2) is 0 Å². The number of hydrogen-bond donors (Lipinski definition) is 0. The smallest absolute Gasteiger partial charge is 0.309 e. The molecule has 0 saturated carbocycles. The number of hydrogen-bond acceptors (Lipinski definition) is 6. The molecule has 0 fully saturated rings. The number of halogens is 2. The second kappa shape index (κ2) is 16.3. The number of allylic oxidation sites excluding steroid dienone is 1. The molecule has 0 radical (unpaired) electrons. The van der Waals surface area contributed by atoms with Crippen LogP contribution in [0.1, 0.15) is 58.3 Å². The first-order valence-electron chi connectivity index (χ1n) is 9.48. The van der Waals surface area contributed by atoms with E-state index < -0.39 is 4.92 Å². The number of nitro groups is 1. The van der Waals surface area contributed by atoms with E-state index in [1.807, 2.05) is 0 Å². The summed E-state index contributed by atoms with van der Waals surface area (Å²) in [5, 5.41) is 11.7. The molecule has 0 aromatic carbocycles. The summed E-state index contributed by atoms with van der Waals surface area (Å²) in [6.45, 7) is 3.34. The van der Waals surface area contributed by atoms with Gasteiger partial charge in [-0.3, -0.25) is 10.1 Å². The highest BCUT2D eigenvalue weighted by atomic mass is 35.5. The standard InChI is InChI=1S/C18H29Cl2NO3S3/c1-2-3-4-5-6-7-8-9-12-26-18-16(21(22)23)15(19)17(20)25-13-10-24-11-14-27-18/h2-14H2,1H3/b17-15+,18-16+. The molecule has 1 aliphatic rings. The minimum Gasteiger partial charge on any atom is -0.380 e. The molecular weight excluding hydrogens is 445 g/mol. The van der Waals surface area contributed by atoms with E-state index in [4.69, 9.17) is 27.9 Å². The summed E-state index contributed by atoms with van der Waals surface area (Å²) in [5.74, 6) is 2.15. The van der Waals surface area contributed by atoms with E-state index in [9.17, 15) is 10.1 Å². The van der Waals surface area contributed by atoms with Gasteiger partial charge in [0, 0.05) is 11.5 Å². The third kappa shape index (κ3) is 11.3. The van der Waals surface area contributed by atoms with E-state index in [2.05, 4.69) is 6.92 Å². The second-order valence-electron chi connectivity index (χ2n) is 6.11. The Morgan fingerprint density at radius 2 is 1.63 bits per heavy atom. The topological polar surface area (TPSA) is 52.4 Å². The Morgan fingerprint density at radius 1 is 1.04 bits per heavy atom. The van der Waals surface area contributed by atoms with Crippen LogP contribution in [0.5, 0.6) is 0 Å². The fourth-order valence-electron chi connectivity index (χ4n) is 2.47. The Balaban J connectivity index is 2.60. The normalized spacial score (nSPS) is 22.5. The van der Waals surface area contributed by atoms with Gasteiger partial charge in [0.1, 0.15) is 9.27 Å². The molecule has 4 nitrogen and oxygen atoms in total. The zero-order valence-electron chi connectivity index (χ0n) is 15.8. The largest absolute Gasteiger partial charge is 0.380 e. The third-order valence-electron chi connectivity index (χ3n) is 3.90. The van der Waals surface area contributed by atoms with Gasteiger partial charge >= 0.3 is 5.70 Å². The molecule has 9 heteroatoms. The Kier molecular flexibility index (Phi) is 15.4. The van der Waals surface area contributed by atoms with E-state index >= 15 is 0 Å². The number of thioether (sulfide) groups is 3. The van der Waals surface area contributed by atoms with Gasteiger partial charge in [0.25, 0.3) is 0 Å². The van der Waals surface area contributed by atoms with E-state index in [1.165, 1.54) is 73.8 Å². The molecule has 0 aromatic heterocycles. The maximum absolute atomic E-state index is 11.6. The Morgan fingerprint density at radius 3 is 2.26 bits per heavy atom. The lowest BCUT2D eigenvalue weighted by molar-refractivity contribution is -0.419. The summed E-state index contributed by atoms with van der Waals surface area (Å²) < 4.78 is 6.42. The predicted molar refractivity (Wildman–Crippen MR) is 124 cm³/mol. The summed E-state index contributed by atoms with van der Waals surface area (Å²) >= 11 is 16.7. The van der Waals surface area contributed by atoms with E-state index in [-0.39, 0.29) is 15.1 Å². The molecule has 0 aliphatic carbocycles. The lowest BCUT2D eigenvalue weighted by Gasteiger charge is -2.09. The fourth-order valence-corrected chi connectivity index (χ4v) is 6.21. The van der Waals surface area contributed by atoms with Gasteiger partial charge in [-0.2, -0.15) is 0 Å². The van der Waals surface area contributed by atoms with Crippen molar-refractivity contribution in [1.29, 1.82) is 0 Å². The minimum atomic E-state index is -0.410. The van der Waals surface area contributed by atoms with Crippen molar-refractivity contribution < 1.29 is 9.66 Å². The van der Waals surface area contributed by atoms with Gasteiger partial charge in [0.2, 0.25) is 0 Å². The summed E-state index contributed by atoms with van der Waals surface area (Å²) in [6.07, 6.45) is 9.95. The molecule has 27 heavy (non-hydrogen) atoms. The number of rotatable bonds is 11. The molecule has 0 atom stereocenters. The van der Waals surface area contributed by atoms with Crippen LogP contribution in [-0.2, 0) is 4.74 Å². The lowest BCUT2D eigenvalue weighted by Crippen LogP contribution is -2.04. The molecule has 0 spiro atoms. The molecule has 1 aliphatic heterocycles. The average Bonchev–Trinajstić information content (AvgIpc) is 2.67. The molecule has 1 heterocycles.